The van der Waals surface area contributed by atoms with Crippen LogP contribution in [0.25, 0.3) is 32.9 Å². The molecule has 0 unspecified atom stereocenters. The molecule has 2 aliphatic heterocycles. The van der Waals surface area contributed by atoms with Crippen LogP contribution in [0.2, 0.25) is 0 Å². The van der Waals surface area contributed by atoms with Crippen LogP contribution in [-0.2, 0) is 6.54 Å². The highest BCUT2D eigenvalue weighted by Crippen LogP contribution is 2.40. The number of anilines is 1. The summed E-state index contributed by atoms with van der Waals surface area (Å²) >= 11 is 0. The van der Waals surface area contributed by atoms with E-state index in [1.54, 1.807) is 36.4 Å². The van der Waals surface area contributed by atoms with Crippen LogP contribution < -0.4 is 15.4 Å². The van der Waals surface area contributed by atoms with Gasteiger partial charge in [-0.3, -0.25) is 19.8 Å². The van der Waals surface area contributed by atoms with Crippen LogP contribution in [-0.4, -0.2) is 67.7 Å². The van der Waals surface area contributed by atoms with E-state index in [1.807, 2.05) is 11.8 Å². The summed E-state index contributed by atoms with van der Waals surface area (Å²) in [5.74, 6) is -1.36. The van der Waals surface area contributed by atoms with Crippen molar-refractivity contribution in [2.24, 2.45) is 5.73 Å². The number of amides is 1. The molecule has 10 nitrogen and oxygen atoms in total. The summed E-state index contributed by atoms with van der Waals surface area (Å²) in [6, 6.07) is 11.6. The molecule has 0 aliphatic carbocycles. The lowest BCUT2D eigenvalue weighted by atomic mass is 9.95. The lowest BCUT2D eigenvalue weighted by Crippen LogP contribution is -2.43. The van der Waals surface area contributed by atoms with Gasteiger partial charge >= 0.3 is 6.01 Å². The van der Waals surface area contributed by atoms with Crippen molar-refractivity contribution in [3.05, 3.63) is 71.7 Å². The summed E-state index contributed by atoms with van der Waals surface area (Å²) < 4.78 is 38.1. The maximum absolute atomic E-state index is 16.7. The van der Waals surface area contributed by atoms with Crippen LogP contribution in [0.1, 0.15) is 55.2 Å². The normalized spacial score (nSPS) is 16.0. The molecule has 3 N–H and O–H groups in total. The topological polar surface area (TPSA) is 126 Å². The van der Waals surface area contributed by atoms with Crippen LogP contribution in [0.15, 0.2) is 48.7 Å². The molecule has 45 heavy (non-hydrogen) atoms. The third-order valence-corrected chi connectivity index (χ3v) is 9.07. The smallest absolute Gasteiger partial charge is 0.319 e. The van der Waals surface area contributed by atoms with Gasteiger partial charge in [0, 0.05) is 23.7 Å². The number of hydrogen-bond donors (Lipinski definition) is 2. The number of aromatic amines is 1. The summed E-state index contributed by atoms with van der Waals surface area (Å²) in [6.07, 6.45) is 6.57. The van der Waals surface area contributed by atoms with Gasteiger partial charge in [0.1, 0.15) is 35.1 Å². The fourth-order valence-electron chi connectivity index (χ4n) is 6.97. The summed E-state index contributed by atoms with van der Waals surface area (Å²) in [5.41, 5.74) is 6.46. The maximum Gasteiger partial charge on any atom is 0.319 e. The van der Waals surface area contributed by atoms with Gasteiger partial charge in [-0.15, -0.1) is 0 Å². The highest BCUT2D eigenvalue weighted by atomic mass is 19.1. The van der Waals surface area contributed by atoms with Crippen molar-refractivity contribution < 1.29 is 18.3 Å². The molecule has 2 aliphatic rings. The fraction of sp³-hybridized carbons (Fsp3) is 0.364. The summed E-state index contributed by atoms with van der Waals surface area (Å²) in [5, 5.41) is 8.18. The Labute approximate surface area is 258 Å². The van der Waals surface area contributed by atoms with E-state index in [1.165, 1.54) is 12.3 Å². The lowest BCUT2D eigenvalue weighted by molar-refractivity contribution is 0.0995. The predicted octanol–water partition coefficient (Wildman–Crippen LogP) is 5.37. The number of H-pyrrole nitrogens is 1. The number of carbonyl (C=O) groups is 1. The van der Waals surface area contributed by atoms with Gasteiger partial charge in [0.2, 0.25) is 0 Å². The fourth-order valence-corrected chi connectivity index (χ4v) is 6.97. The summed E-state index contributed by atoms with van der Waals surface area (Å²) in [4.78, 5) is 30.0. The number of fused-ring (bicyclic) bond motifs is 3. The van der Waals surface area contributed by atoms with Gasteiger partial charge < -0.3 is 15.4 Å². The second-order valence-corrected chi connectivity index (χ2v) is 11.9. The van der Waals surface area contributed by atoms with E-state index in [-0.39, 0.29) is 40.4 Å². The van der Waals surface area contributed by atoms with E-state index in [0.717, 1.165) is 45.2 Å². The third kappa shape index (κ3) is 5.22. The van der Waals surface area contributed by atoms with Crippen molar-refractivity contribution in [3.63, 3.8) is 0 Å². The molecule has 2 fully saturated rings. The molecule has 12 heteroatoms. The Morgan fingerprint density at radius 2 is 1.91 bits per heavy atom. The van der Waals surface area contributed by atoms with E-state index in [0.29, 0.717) is 41.0 Å². The summed E-state index contributed by atoms with van der Waals surface area (Å²) in [7, 11) is 0. The Balaban J connectivity index is 1.35. The van der Waals surface area contributed by atoms with Gasteiger partial charge in [0.05, 0.1) is 23.2 Å². The molecule has 0 atom stereocenters. The van der Waals surface area contributed by atoms with Gasteiger partial charge in [0.25, 0.3) is 5.91 Å². The Bertz CT molecular complexity index is 1900. The number of halogens is 2. The van der Waals surface area contributed by atoms with Crippen molar-refractivity contribution in [2.75, 3.05) is 31.1 Å². The number of aromatic nitrogens is 5. The number of primary amides is 1. The minimum absolute atomic E-state index is 0.00753. The van der Waals surface area contributed by atoms with Crippen molar-refractivity contribution in [2.45, 2.75) is 51.1 Å². The molecule has 0 bridgehead atoms. The first-order valence-corrected chi connectivity index (χ1v) is 15.4. The quantitative estimate of drug-likeness (QED) is 0.216. The zero-order valence-corrected chi connectivity index (χ0v) is 25.0. The van der Waals surface area contributed by atoms with Gasteiger partial charge in [-0.1, -0.05) is 37.3 Å². The molecule has 5 aromatic rings. The molecule has 2 aromatic carbocycles. The second kappa shape index (κ2) is 11.7. The van der Waals surface area contributed by atoms with Gasteiger partial charge in [-0.25, -0.2) is 8.78 Å². The monoisotopic (exact) mass is 612 g/mol. The average molecular weight is 613 g/mol. The lowest BCUT2D eigenvalue weighted by Gasteiger charge is -2.31. The zero-order valence-electron chi connectivity index (χ0n) is 25.0. The number of nitrogens with one attached hydrogen (secondary N) is 1. The molecule has 5 heterocycles. The van der Waals surface area contributed by atoms with Gasteiger partial charge in [0.15, 0.2) is 5.82 Å². The number of rotatable bonds is 10. The Kier molecular flexibility index (Phi) is 7.52. The molecular formula is C33H34F2N8O2. The molecule has 3 aromatic heterocycles. The van der Waals surface area contributed by atoms with Crippen LogP contribution in [0.5, 0.6) is 6.01 Å². The highest BCUT2D eigenvalue weighted by molar-refractivity contribution is 5.99. The Morgan fingerprint density at radius 1 is 1.13 bits per heavy atom. The molecule has 0 radical (unpaired) electrons. The van der Waals surface area contributed by atoms with Crippen LogP contribution >= 0.6 is 0 Å². The predicted molar refractivity (Wildman–Crippen MR) is 167 cm³/mol. The Hall–Kier alpha value is -4.71. The van der Waals surface area contributed by atoms with E-state index >= 15 is 8.78 Å². The first kappa shape index (κ1) is 29.0. The molecule has 2 saturated heterocycles. The van der Waals surface area contributed by atoms with Gasteiger partial charge in [-0.05, 0) is 62.7 Å². The largest absolute Gasteiger partial charge is 0.461 e. The molecule has 0 saturated carbocycles. The van der Waals surface area contributed by atoms with Crippen molar-refractivity contribution >= 4 is 33.4 Å². The number of nitrogens with zero attached hydrogens (tertiary/aromatic N) is 6. The van der Waals surface area contributed by atoms with Crippen molar-refractivity contribution in [1.29, 1.82) is 0 Å². The van der Waals surface area contributed by atoms with Crippen LogP contribution in [0.4, 0.5) is 14.6 Å². The minimum Gasteiger partial charge on any atom is -0.461 e. The first-order valence-electron chi connectivity index (χ1n) is 15.4. The third-order valence-electron chi connectivity index (χ3n) is 9.07. The number of pyridine rings is 1. The number of carbonyl (C=O) groups excluding carboxylic acids is 1. The molecule has 232 valence electrons. The number of benzene rings is 2. The standard InChI is InChI=1S/C33H34F2N8O2/c1-2-13-42(18-21-16-25(30(36)44)41-40-21)31-23-17-37-28(22-9-3-7-20-8-4-10-24(34)26(20)22)27(35)29(23)38-32(39-31)45-19-33-11-5-14-43(33)15-6-12-33/h3-4,7-10,16-17H,2,5-6,11-15,18-19H2,1H3,(H2,36,44)(H,40,41). The first-order chi connectivity index (χ1) is 21.9. The van der Waals surface area contributed by atoms with Crippen molar-refractivity contribution in [1.82, 2.24) is 30.0 Å². The van der Waals surface area contributed by atoms with Crippen molar-refractivity contribution in [3.8, 4) is 17.3 Å². The number of ether oxygens (including phenoxy) is 1. The van der Waals surface area contributed by atoms with E-state index < -0.39 is 17.5 Å². The van der Waals surface area contributed by atoms with Gasteiger partial charge in [-0.2, -0.15) is 15.1 Å². The molecular weight excluding hydrogens is 578 g/mol. The van der Waals surface area contributed by atoms with Crippen LogP contribution in [0.3, 0.4) is 0 Å². The van der Waals surface area contributed by atoms with E-state index in [2.05, 4.69) is 25.1 Å². The number of nitrogens with two attached hydrogens (primary N) is 1. The number of hydrogen-bond acceptors (Lipinski definition) is 8. The summed E-state index contributed by atoms with van der Waals surface area (Å²) in [6.45, 7) is 5.35. The Morgan fingerprint density at radius 3 is 2.64 bits per heavy atom. The van der Waals surface area contributed by atoms with E-state index in [9.17, 15) is 4.79 Å². The van der Waals surface area contributed by atoms with Crippen LogP contribution in [0, 0.1) is 11.6 Å². The molecule has 1 amide bonds. The SMILES string of the molecule is CCCN(Cc1cc(C(N)=O)n[nH]1)c1nc(OCC23CCCN2CCC3)nc2c(F)c(-c3cccc4cccc(F)c34)ncc12. The molecule has 0 spiro atoms. The van der Waals surface area contributed by atoms with E-state index in [4.69, 9.17) is 15.5 Å². The second-order valence-electron chi connectivity index (χ2n) is 11.9. The zero-order chi connectivity index (χ0) is 31.1. The minimum atomic E-state index is -0.688. The maximum atomic E-state index is 16.7. The molecule has 7 rings (SSSR count). The highest BCUT2D eigenvalue weighted by Gasteiger charge is 2.45. The average Bonchev–Trinajstić information content (AvgIpc) is 3.77.